The van der Waals surface area contributed by atoms with Crippen LogP contribution in [0.1, 0.15) is 29.8 Å². The maximum Gasteiger partial charge on any atom is 0.219 e. The molecule has 0 aromatic carbocycles. The molecule has 0 saturated heterocycles. The van der Waals surface area contributed by atoms with Gasteiger partial charge in [0.15, 0.2) is 5.78 Å². The summed E-state index contributed by atoms with van der Waals surface area (Å²) in [6, 6.07) is 0. The van der Waals surface area contributed by atoms with Gasteiger partial charge in [-0.1, -0.05) is 0 Å². The van der Waals surface area contributed by atoms with E-state index < -0.39 is 5.78 Å². The quantitative estimate of drug-likeness (QED) is 0.596. The molecule has 2 rings (SSSR count). The van der Waals surface area contributed by atoms with Crippen LogP contribution in [0.5, 0.6) is 0 Å². The Bertz CT molecular complexity index is 465. The van der Waals surface area contributed by atoms with E-state index in [1.165, 1.54) is 18.6 Å². The van der Waals surface area contributed by atoms with Gasteiger partial charge >= 0.3 is 0 Å². The van der Waals surface area contributed by atoms with Crippen LogP contribution in [-0.4, -0.2) is 26.6 Å². The van der Waals surface area contributed by atoms with Crippen LogP contribution in [0.25, 0.3) is 0 Å². The molecular formula is C11H10N2O3. The molecule has 0 fully saturated rings. The third kappa shape index (κ3) is 1.84. The van der Waals surface area contributed by atoms with Crippen LogP contribution < -0.4 is 0 Å². The minimum Gasteiger partial charge on any atom is -0.511 e. The van der Waals surface area contributed by atoms with Gasteiger partial charge in [-0.2, -0.15) is 0 Å². The van der Waals surface area contributed by atoms with Crippen molar-refractivity contribution in [1.29, 1.82) is 0 Å². The molecule has 0 spiro atoms. The summed E-state index contributed by atoms with van der Waals surface area (Å²) in [5.74, 6) is -0.999. The van der Waals surface area contributed by atoms with Crippen LogP contribution in [0.3, 0.4) is 0 Å². The topological polar surface area (TPSA) is 80.1 Å². The molecule has 16 heavy (non-hydrogen) atoms. The van der Waals surface area contributed by atoms with Gasteiger partial charge in [-0.3, -0.25) is 14.6 Å². The number of carbonyl (C=O) groups excluding carboxylic acids is 2. The van der Waals surface area contributed by atoms with Crippen molar-refractivity contribution in [1.82, 2.24) is 9.97 Å². The number of rotatable bonds is 2. The van der Waals surface area contributed by atoms with Crippen molar-refractivity contribution in [2.45, 2.75) is 19.3 Å². The lowest BCUT2D eigenvalue weighted by atomic mass is 9.92. The largest absolute Gasteiger partial charge is 0.511 e. The lowest BCUT2D eigenvalue weighted by molar-refractivity contribution is -0.116. The van der Waals surface area contributed by atoms with Crippen LogP contribution in [0.4, 0.5) is 0 Å². The summed E-state index contributed by atoms with van der Waals surface area (Å²) in [7, 11) is 0. The van der Waals surface area contributed by atoms with Gasteiger partial charge in [0.25, 0.3) is 0 Å². The second-order valence-electron chi connectivity index (χ2n) is 3.52. The number of hydrogen-bond donors (Lipinski definition) is 1. The summed E-state index contributed by atoms with van der Waals surface area (Å²) in [6.07, 6.45) is 5.34. The van der Waals surface area contributed by atoms with Crippen LogP contribution >= 0.6 is 0 Å². The predicted molar refractivity (Wildman–Crippen MR) is 54.9 cm³/mol. The molecule has 1 N–H and O–H groups in total. The number of aliphatic hydroxyl groups is 1. The molecular weight excluding hydrogens is 208 g/mol. The molecule has 1 aliphatic rings. The molecule has 5 heteroatoms. The first-order valence-corrected chi connectivity index (χ1v) is 4.96. The lowest BCUT2D eigenvalue weighted by Crippen LogP contribution is -2.20. The highest BCUT2D eigenvalue weighted by molar-refractivity contribution is 6.26. The van der Waals surface area contributed by atoms with Crippen molar-refractivity contribution >= 4 is 11.6 Å². The molecule has 0 saturated carbocycles. The van der Waals surface area contributed by atoms with Gasteiger partial charge in [0.2, 0.25) is 5.78 Å². The van der Waals surface area contributed by atoms with E-state index >= 15 is 0 Å². The standard InChI is InChI=1S/C11H10N2O3/c14-8-2-1-3-9(15)10(8)11(16)7-6-12-4-5-13-7/h4-6,14H,1-3H2. The number of carbonyl (C=O) groups is 2. The molecule has 5 nitrogen and oxygen atoms in total. The van der Waals surface area contributed by atoms with E-state index in [-0.39, 0.29) is 22.8 Å². The van der Waals surface area contributed by atoms with Gasteiger partial charge in [0.1, 0.15) is 17.0 Å². The fourth-order valence-electron chi connectivity index (χ4n) is 1.63. The highest BCUT2D eigenvalue weighted by atomic mass is 16.3. The molecule has 1 heterocycles. The summed E-state index contributed by atoms with van der Waals surface area (Å²) in [5, 5.41) is 9.56. The first kappa shape index (κ1) is 10.5. The number of aliphatic hydroxyl groups excluding tert-OH is 1. The van der Waals surface area contributed by atoms with Gasteiger partial charge in [0.05, 0.1) is 6.20 Å². The molecule has 0 unspecified atom stereocenters. The van der Waals surface area contributed by atoms with E-state index in [0.29, 0.717) is 19.3 Å². The molecule has 0 aliphatic heterocycles. The molecule has 0 radical (unpaired) electrons. The Morgan fingerprint density at radius 3 is 2.75 bits per heavy atom. The van der Waals surface area contributed by atoms with Crippen molar-refractivity contribution in [2.24, 2.45) is 0 Å². The minimum atomic E-state index is -0.546. The third-order valence-corrected chi connectivity index (χ3v) is 2.41. The highest BCUT2D eigenvalue weighted by Crippen LogP contribution is 2.22. The number of Topliss-reactive ketones (excluding diaryl/α,β-unsaturated/α-hetero) is 2. The fourth-order valence-corrected chi connectivity index (χ4v) is 1.63. The summed E-state index contributed by atoms with van der Waals surface area (Å²) in [5.41, 5.74) is -0.0500. The molecule has 82 valence electrons. The van der Waals surface area contributed by atoms with Crippen LogP contribution in [0.2, 0.25) is 0 Å². The van der Waals surface area contributed by atoms with E-state index in [1.54, 1.807) is 0 Å². The highest BCUT2D eigenvalue weighted by Gasteiger charge is 2.27. The fraction of sp³-hybridized carbons (Fsp3) is 0.273. The molecule has 0 bridgehead atoms. The van der Waals surface area contributed by atoms with E-state index in [9.17, 15) is 14.7 Å². The third-order valence-electron chi connectivity index (χ3n) is 2.41. The minimum absolute atomic E-state index is 0.0827. The molecule has 1 aliphatic carbocycles. The van der Waals surface area contributed by atoms with Crippen molar-refractivity contribution in [3.05, 3.63) is 35.6 Å². The molecule has 0 atom stereocenters. The zero-order valence-electron chi connectivity index (χ0n) is 8.51. The number of aromatic nitrogens is 2. The second-order valence-corrected chi connectivity index (χ2v) is 3.52. The Labute approximate surface area is 91.8 Å². The smallest absolute Gasteiger partial charge is 0.219 e. The van der Waals surface area contributed by atoms with Crippen LogP contribution in [-0.2, 0) is 4.79 Å². The van der Waals surface area contributed by atoms with E-state index in [4.69, 9.17) is 0 Å². The first-order chi connectivity index (χ1) is 7.70. The maximum absolute atomic E-state index is 11.9. The summed E-state index contributed by atoms with van der Waals surface area (Å²) < 4.78 is 0. The summed E-state index contributed by atoms with van der Waals surface area (Å²) in [6.45, 7) is 0. The zero-order chi connectivity index (χ0) is 11.5. The summed E-state index contributed by atoms with van der Waals surface area (Å²) >= 11 is 0. The Hall–Kier alpha value is -2.04. The first-order valence-electron chi connectivity index (χ1n) is 4.96. The van der Waals surface area contributed by atoms with Crippen molar-refractivity contribution in [3.8, 4) is 0 Å². The van der Waals surface area contributed by atoms with E-state index in [1.807, 2.05) is 0 Å². The van der Waals surface area contributed by atoms with Gasteiger partial charge < -0.3 is 5.11 Å². The Morgan fingerprint density at radius 2 is 2.12 bits per heavy atom. The van der Waals surface area contributed by atoms with Gasteiger partial charge in [0, 0.05) is 25.2 Å². The average Bonchev–Trinajstić information content (AvgIpc) is 2.30. The van der Waals surface area contributed by atoms with Crippen LogP contribution in [0.15, 0.2) is 29.9 Å². The van der Waals surface area contributed by atoms with Crippen molar-refractivity contribution in [2.75, 3.05) is 0 Å². The predicted octanol–water partition coefficient (Wildman–Crippen LogP) is 1.22. The summed E-state index contributed by atoms with van der Waals surface area (Å²) in [4.78, 5) is 31.0. The monoisotopic (exact) mass is 218 g/mol. The number of nitrogens with zero attached hydrogens (tertiary/aromatic N) is 2. The van der Waals surface area contributed by atoms with Crippen molar-refractivity contribution < 1.29 is 14.7 Å². The second kappa shape index (κ2) is 4.22. The molecule has 0 amide bonds. The SMILES string of the molecule is O=C1CCCC(O)=C1C(=O)c1cnccn1. The number of allylic oxidation sites excluding steroid dienone is 2. The van der Waals surface area contributed by atoms with Gasteiger partial charge in [-0.25, -0.2) is 4.98 Å². The van der Waals surface area contributed by atoms with Gasteiger partial charge in [-0.15, -0.1) is 0 Å². The zero-order valence-corrected chi connectivity index (χ0v) is 8.51. The van der Waals surface area contributed by atoms with Crippen LogP contribution in [0, 0.1) is 0 Å². The van der Waals surface area contributed by atoms with E-state index in [2.05, 4.69) is 9.97 Å². The lowest BCUT2D eigenvalue weighted by Gasteiger charge is -2.13. The Morgan fingerprint density at radius 1 is 1.31 bits per heavy atom. The average molecular weight is 218 g/mol. The molecule has 1 aromatic rings. The van der Waals surface area contributed by atoms with E-state index in [0.717, 1.165) is 0 Å². The Kier molecular flexibility index (Phi) is 2.76. The Balaban J connectivity index is 2.38. The number of hydrogen-bond acceptors (Lipinski definition) is 5. The van der Waals surface area contributed by atoms with Crippen molar-refractivity contribution in [3.63, 3.8) is 0 Å². The van der Waals surface area contributed by atoms with Gasteiger partial charge in [-0.05, 0) is 6.42 Å². The normalized spacial score (nSPS) is 16.4. The molecule has 1 aromatic heterocycles. The number of ketones is 2. The maximum atomic E-state index is 11.9.